The SMILES string of the molecule is O=c1ccc2ncc(=O)n3c2n1CC3CN1CCC(NCc2ccc(OC(F)(F)F)cc2)CC1. The molecule has 3 aromatic rings. The van der Waals surface area contributed by atoms with Crippen molar-refractivity contribution in [1.29, 1.82) is 0 Å². The Kier molecular flexibility index (Phi) is 5.90. The lowest BCUT2D eigenvalue weighted by atomic mass is 10.0. The molecule has 34 heavy (non-hydrogen) atoms. The number of aromatic nitrogens is 3. The quantitative estimate of drug-likeness (QED) is 0.589. The molecule has 0 spiro atoms. The van der Waals surface area contributed by atoms with Gasteiger partial charge in [-0.3, -0.25) is 18.7 Å². The van der Waals surface area contributed by atoms with Crippen LogP contribution in [0.2, 0.25) is 0 Å². The van der Waals surface area contributed by atoms with E-state index in [1.165, 1.54) is 24.4 Å². The smallest absolute Gasteiger partial charge is 0.406 e. The Morgan fingerprint density at radius 3 is 2.47 bits per heavy atom. The average Bonchev–Trinajstić information content (AvgIpc) is 3.18. The highest BCUT2D eigenvalue weighted by Crippen LogP contribution is 2.25. The van der Waals surface area contributed by atoms with Crippen LogP contribution in [0.4, 0.5) is 13.2 Å². The van der Waals surface area contributed by atoms with E-state index in [1.807, 2.05) is 0 Å². The van der Waals surface area contributed by atoms with Gasteiger partial charge in [0, 0.05) is 31.7 Å². The van der Waals surface area contributed by atoms with Gasteiger partial charge in [-0.2, -0.15) is 0 Å². The predicted octanol–water partition coefficient (Wildman–Crippen LogP) is 2.27. The fraction of sp³-hybridized carbons (Fsp3) is 0.435. The second-order valence-electron chi connectivity index (χ2n) is 8.76. The van der Waals surface area contributed by atoms with Gasteiger partial charge in [-0.25, -0.2) is 4.98 Å². The van der Waals surface area contributed by atoms with E-state index in [4.69, 9.17) is 0 Å². The molecule has 4 heterocycles. The van der Waals surface area contributed by atoms with Gasteiger partial charge < -0.3 is 15.0 Å². The van der Waals surface area contributed by atoms with Crippen molar-refractivity contribution in [2.75, 3.05) is 19.6 Å². The van der Waals surface area contributed by atoms with E-state index in [2.05, 4.69) is 19.9 Å². The summed E-state index contributed by atoms with van der Waals surface area (Å²) in [6.45, 7) is 3.39. The molecule has 0 aliphatic carbocycles. The van der Waals surface area contributed by atoms with Crippen molar-refractivity contribution in [1.82, 2.24) is 24.3 Å². The molecule has 1 atom stereocenters. The molecule has 0 radical (unpaired) electrons. The van der Waals surface area contributed by atoms with Gasteiger partial charge in [-0.15, -0.1) is 13.2 Å². The van der Waals surface area contributed by atoms with Crippen LogP contribution in [0.3, 0.4) is 0 Å². The fourth-order valence-electron chi connectivity index (χ4n) is 4.85. The molecule has 1 N–H and O–H groups in total. The molecule has 11 heteroatoms. The first-order chi connectivity index (χ1) is 16.3. The maximum Gasteiger partial charge on any atom is 0.573 e. The normalized spacial score (nSPS) is 19.1. The van der Waals surface area contributed by atoms with Gasteiger partial charge in [0.05, 0.1) is 12.2 Å². The number of halogens is 3. The van der Waals surface area contributed by atoms with E-state index < -0.39 is 6.36 Å². The van der Waals surface area contributed by atoms with Crippen molar-refractivity contribution >= 4 is 11.2 Å². The predicted molar refractivity (Wildman–Crippen MR) is 119 cm³/mol. The summed E-state index contributed by atoms with van der Waals surface area (Å²) in [7, 11) is 0. The van der Waals surface area contributed by atoms with Crippen molar-refractivity contribution in [3.05, 3.63) is 68.9 Å². The molecule has 2 aliphatic heterocycles. The molecule has 8 nitrogen and oxygen atoms in total. The highest BCUT2D eigenvalue weighted by Gasteiger charge is 2.31. The first kappa shape index (κ1) is 22.6. The summed E-state index contributed by atoms with van der Waals surface area (Å²) in [6.07, 6.45) is -1.55. The largest absolute Gasteiger partial charge is 0.573 e. The number of nitrogens with one attached hydrogen (secondary N) is 1. The van der Waals surface area contributed by atoms with Crippen molar-refractivity contribution in [3.8, 4) is 5.75 Å². The third kappa shape index (κ3) is 4.71. The van der Waals surface area contributed by atoms with Crippen LogP contribution in [0.25, 0.3) is 11.2 Å². The maximum absolute atomic E-state index is 12.5. The highest BCUT2D eigenvalue weighted by molar-refractivity contribution is 5.71. The number of piperidine rings is 1. The molecule has 1 aromatic carbocycles. The monoisotopic (exact) mass is 475 g/mol. The Bertz CT molecular complexity index is 1290. The Labute approximate surface area is 192 Å². The zero-order valence-electron chi connectivity index (χ0n) is 18.3. The molecule has 0 amide bonds. The van der Waals surface area contributed by atoms with Gasteiger partial charge >= 0.3 is 6.36 Å². The number of rotatable bonds is 6. The summed E-state index contributed by atoms with van der Waals surface area (Å²) < 4.78 is 44.1. The number of hydrogen-bond donors (Lipinski definition) is 1. The van der Waals surface area contributed by atoms with Crippen molar-refractivity contribution in [2.24, 2.45) is 0 Å². The fourth-order valence-corrected chi connectivity index (χ4v) is 4.85. The molecule has 0 saturated carbocycles. The summed E-state index contributed by atoms with van der Waals surface area (Å²) in [6, 6.07) is 9.19. The van der Waals surface area contributed by atoms with Crippen LogP contribution in [-0.4, -0.2) is 51.1 Å². The van der Waals surface area contributed by atoms with Gasteiger partial charge in [-0.1, -0.05) is 12.1 Å². The van der Waals surface area contributed by atoms with Crippen molar-refractivity contribution in [3.63, 3.8) is 0 Å². The third-order valence-corrected chi connectivity index (χ3v) is 6.48. The lowest BCUT2D eigenvalue weighted by Crippen LogP contribution is -2.44. The summed E-state index contributed by atoms with van der Waals surface area (Å²) in [5.41, 5.74) is 1.79. The number of pyridine rings is 1. The molecule has 180 valence electrons. The van der Waals surface area contributed by atoms with E-state index in [1.54, 1.807) is 27.3 Å². The molecule has 1 saturated heterocycles. The van der Waals surface area contributed by atoms with Gasteiger partial charge in [0.2, 0.25) is 0 Å². The Hall–Kier alpha value is -3.18. The zero-order chi connectivity index (χ0) is 23.9. The lowest BCUT2D eigenvalue weighted by molar-refractivity contribution is -0.274. The van der Waals surface area contributed by atoms with E-state index in [0.29, 0.717) is 36.8 Å². The molecule has 2 aromatic heterocycles. The summed E-state index contributed by atoms with van der Waals surface area (Å²) in [4.78, 5) is 31.3. The number of benzene rings is 1. The molecule has 0 bridgehead atoms. The lowest BCUT2D eigenvalue weighted by Gasteiger charge is -2.34. The molecule has 1 fully saturated rings. The second kappa shape index (κ2) is 8.88. The van der Waals surface area contributed by atoms with Crippen LogP contribution in [0.5, 0.6) is 5.75 Å². The van der Waals surface area contributed by atoms with Gasteiger partial charge in [0.25, 0.3) is 11.1 Å². The molecule has 1 unspecified atom stereocenters. The summed E-state index contributed by atoms with van der Waals surface area (Å²) in [5.74, 6) is -0.230. The first-order valence-corrected chi connectivity index (χ1v) is 11.2. The van der Waals surface area contributed by atoms with Gasteiger partial charge in [0.1, 0.15) is 16.9 Å². The Morgan fingerprint density at radius 2 is 1.76 bits per heavy atom. The van der Waals surface area contributed by atoms with Crippen LogP contribution in [0, 0.1) is 0 Å². The minimum atomic E-state index is -4.69. The van der Waals surface area contributed by atoms with E-state index in [9.17, 15) is 22.8 Å². The van der Waals surface area contributed by atoms with Crippen LogP contribution >= 0.6 is 0 Å². The maximum atomic E-state index is 12.5. The van der Waals surface area contributed by atoms with Gasteiger partial charge in [-0.05, 0) is 49.7 Å². The molecular weight excluding hydrogens is 451 g/mol. The van der Waals surface area contributed by atoms with Crippen LogP contribution in [0.1, 0.15) is 24.4 Å². The minimum Gasteiger partial charge on any atom is -0.406 e. The first-order valence-electron chi connectivity index (χ1n) is 11.2. The molecular formula is C23H24F3N5O3. The van der Waals surface area contributed by atoms with Crippen LogP contribution < -0.4 is 21.2 Å². The number of likely N-dealkylation sites (tertiary alicyclic amines) is 1. The van der Waals surface area contributed by atoms with E-state index in [0.717, 1.165) is 31.5 Å². The highest BCUT2D eigenvalue weighted by atomic mass is 19.4. The second-order valence-corrected chi connectivity index (χ2v) is 8.76. The topological polar surface area (TPSA) is 81.4 Å². The summed E-state index contributed by atoms with van der Waals surface area (Å²) >= 11 is 0. The van der Waals surface area contributed by atoms with Crippen molar-refractivity contribution in [2.45, 2.75) is 44.4 Å². The van der Waals surface area contributed by atoms with E-state index in [-0.39, 0.29) is 22.9 Å². The summed E-state index contributed by atoms with van der Waals surface area (Å²) in [5, 5.41) is 3.47. The number of alkyl halides is 3. The average molecular weight is 475 g/mol. The van der Waals surface area contributed by atoms with Crippen molar-refractivity contribution < 1.29 is 17.9 Å². The Balaban J connectivity index is 1.14. The molecule has 5 rings (SSSR count). The van der Waals surface area contributed by atoms with Crippen LogP contribution in [-0.2, 0) is 13.1 Å². The molecule has 2 aliphatic rings. The zero-order valence-corrected chi connectivity index (χ0v) is 18.3. The Morgan fingerprint density at radius 1 is 1.03 bits per heavy atom. The number of hydrogen-bond acceptors (Lipinski definition) is 6. The minimum absolute atomic E-state index is 0.116. The standard InChI is InChI=1S/C23H24F3N5O3/c24-23(25,26)34-18-3-1-15(2-4-18)11-27-16-7-9-29(10-8-16)13-17-14-30-20(32)6-5-19-22(30)31(17)21(33)12-28-19/h1-6,12,16-17,27H,7-11,13-14H2. The van der Waals surface area contributed by atoms with Gasteiger partial charge in [0.15, 0.2) is 0 Å². The third-order valence-electron chi connectivity index (χ3n) is 6.48. The van der Waals surface area contributed by atoms with Crippen LogP contribution in [0.15, 0.2) is 52.2 Å². The van der Waals surface area contributed by atoms with E-state index >= 15 is 0 Å². The number of nitrogens with zero attached hydrogens (tertiary/aromatic N) is 4. The number of ether oxygens (including phenoxy) is 1.